The highest BCUT2D eigenvalue weighted by molar-refractivity contribution is 7.89. The molecule has 1 aliphatic carbocycles. The predicted octanol–water partition coefficient (Wildman–Crippen LogP) is 3.39. The van der Waals surface area contributed by atoms with E-state index in [0.717, 1.165) is 29.5 Å². The summed E-state index contributed by atoms with van der Waals surface area (Å²) in [7, 11) is -1.97. The standard InChI is InChI=1S/C21H22N4O4S/c1-13-4-5-16(12-14(13)2)20-23-24-21(29-20)22-19(26)15-6-10-18(11-7-15)30(27,28)25(3)17-8-9-17/h4-7,10-12,17H,8-9H2,1-3H3,(H,22,24,26). The number of hydrogen-bond acceptors (Lipinski definition) is 6. The molecule has 1 heterocycles. The zero-order chi connectivity index (χ0) is 21.5. The van der Waals surface area contributed by atoms with Gasteiger partial charge in [-0.3, -0.25) is 10.1 Å². The number of nitrogens with one attached hydrogen (secondary N) is 1. The third-order valence-electron chi connectivity index (χ3n) is 5.25. The second-order valence-corrected chi connectivity index (χ2v) is 9.44. The van der Waals surface area contributed by atoms with E-state index in [1.807, 2.05) is 32.0 Å². The average Bonchev–Trinajstić information content (AvgIpc) is 3.48. The summed E-state index contributed by atoms with van der Waals surface area (Å²) in [6.45, 7) is 4.00. The van der Waals surface area contributed by atoms with Crippen LogP contribution in [-0.4, -0.2) is 41.9 Å². The fourth-order valence-electron chi connectivity index (χ4n) is 3.01. The quantitative estimate of drug-likeness (QED) is 0.648. The lowest BCUT2D eigenvalue weighted by Crippen LogP contribution is -2.29. The van der Waals surface area contributed by atoms with Crippen molar-refractivity contribution in [2.75, 3.05) is 12.4 Å². The molecule has 8 nitrogen and oxygen atoms in total. The minimum Gasteiger partial charge on any atom is -0.403 e. The fraction of sp³-hybridized carbons (Fsp3) is 0.286. The number of hydrogen-bond donors (Lipinski definition) is 1. The van der Waals surface area contributed by atoms with Crippen molar-refractivity contribution >= 4 is 21.9 Å². The van der Waals surface area contributed by atoms with Gasteiger partial charge in [0.2, 0.25) is 15.9 Å². The van der Waals surface area contributed by atoms with Crippen LogP contribution in [0.25, 0.3) is 11.5 Å². The van der Waals surface area contributed by atoms with Crippen LogP contribution in [0.15, 0.2) is 51.8 Å². The Balaban J connectivity index is 1.46. The number of sulfonamides is 1. The second kappa shape index (κ2) is 7.66. The third kappa shape index (κ3) is 3.99. The van der Waals surface area contributed by atoms with Crippen LogP contribution in [0.2, 0.25) is 0 Å². The van der Waals surface area contributed by atoms with E-state index in [9.17, 15) is 13.2 Å². The highest BCUT2D eigenvalue weighted by Crippen LogP contribution is 2.30. The summed E-state index contributed by atoms with van der Waals surface area (Å²) in [6, 6.07) is 11.6. The summed E-state index contributed by atoms with van der Waals surface area (Å²) in [6.07, 6.45) is 1.76. The maximum Gasteiger partial charge on any atom is 0.322 e. The van der Waals surface area contributed by atoms with Gasteiger partial charge in [-0.2, -0.15) is 4.31 Å². The van der Waals surface area contributed by atoms with Gasteiger partial charge in [0.25, 0.3) is 5.91 Å². The van der Waals surface area contributed by atoms with Crippen molar-refractivity contribution in [3.05, 3.63) is 59.2 Å². The molecule has 0 unspecified atom stereocenters. The zero-order valence-electron chi connectivity index (χ0n) is 16.9. The molecule has 1 N–H and O–H groups in total. The summed E-state index contributed by atoms with van der Waals surface area (Å²) in [4.78, 5) is 12.6. The Morgan fingerprint density at radius 3 is 2.40 bits per heavy atom. The third-order valence-corrected chi connectivity index (χ3v) is 7.18. The van der Waals surface area contributed by atoms with E-state index in [1.54, 1.807) is 7.05 Å². The summed E-state index contributed by atoms with van der Waals surface area (Å²) in [5.74, 6) is -0.164. The van der Waals surface area contributed by atoms with Crippen molar-refractivity contribution in [3.8, 4) is 11.5 Å². The van der Waals surface area contributed by atoms with Crippen LogP contribution in [0.3, 0.4) is 0 Å². The van der Waals surface area contributed by atoms with Crippen molar-refractivity contribution in [1.29, 1.82) is 0 Å². The molecule has 1 aliphatic rings. The van der Waals surface area contributed by atoms with Crippen molar-refractivity contribution in [2.24, 2.45) is 0 Å². The van der Waals surface area contributed by atoms with Gasteiger partial charge < -0.3 is 4.42 Å². The summed E-state index contributed by atoms with van der Waals surface area (Å²) < 4.78 is 32.0. The molecule has 2 aromatic carbocycles. The fourth-order valence-corrected chi connectivity index (χ4v) is 4.43. The summed E-state index contributed by atoms with van der Waals surface area (Å²) >= 11 is 0. The summed E-state index contributed by atoms with van der Waals surface area (Å²) in [5, 5.41) is 10.4. The lowest BCUT2D eigenvalue weighted by atomic mass is 10.1. The predicted molar refractivity (Wildman–Crippen MR) is 112 cm³/mol. The average molecular weight is 426 g/mol. The lowest BCUT2D eigenvalue weighted by molar-refractivity contribution is 0.102. The van der Waals surface area contributed by atoms with E-state index in [1.165, 1.54) is 28.6 Å². The molecule has 0 atom stereocenters. The first-order chi connectivity index (χ1) is 14.3. The van der Waals surface area contributed by atoms with E-state index >= 15 is 0 Å². The highest BCUT2D eigenvalue weighted by atomic mass is 32.2. The van der Waals surface area contributed by atoms with Crippen LogP contribution in [0, 0.1) is 13.8 Å². The summed E-state index contributed by atoms with van der Waals surface area (Å²) in [5.41, 5.74) is 3.30. The maximum absolute atomic E-state index is 12.6. The number of aromatic nitrogens is 2. The smallest absolute Gasteiger partial charge is 0.322 e. The maximum atomic E-state index is 12.6. The molecule has 0 aliphatic heterocycles. The van der Waals surface area contributed by atoms with Crippen LogP contribution >= 0.6 is 0 Å². The van der Waals surface area contributed by atoms with E-state index in [2.05, 4.69) is 15.5 Å². The molecule has 156 valence electrons. The Labute approximate surface area is 175 Å². The van der Waals surface area contributed by atoms with E-state index in [-0.39, 0.29) is 22.5 Å². The molecule has 0 bridgehead atoms. The van der Waals surface area contributed by atoms with Gasteiger partial charge in [0.15, 0.2) is 0 Å². The number of carbonyl (C=O) groups excluding carboxylic acids is 1. The van der Waals surface area contributed by atoms with Crippen LogP contribution in [0.1, 0.15) is 34.3 Å². The van der Waals surface area contributed by atoms with E-state index < -0.39 is 15.9 Å². The van der Waals surface area contributed by atoms with E-state index in [0.29, 0.717) is 5.89 Å². The SMILES string of the molecule is Cc1ccc(-c2nnc(NC(=O)c3ccc(S(=O)(=O)N(C)C4CC4)cc3)o2)cc1C. The topological polar surface area (TPSA) is 105 Å². The Hall–Kier alpha value is -3.04. The number of amides is 1. The van der Waals surface area contributed by atoms with Crippen molar-refractivity contribution in [3.63, 3.8) is 0 Å². The van der Waals surface area contributed by atoms with Crippen LogP contribution < -0.4 is 5.32 Å². The van der Waals surface area contributed by atoms with E-state index in [4.69, 9.17) is 4.42 Å². The molecular formula is C21H22N4O4S. The molecule has 1 saturated carbocycles. The number of anilines is 1. The Bertz CT molecular complexity index is 1200. The van der Waals surface area contributed by atoms with Crippen molar-refractivity contribution in [1.82, 2.24) is 14.5 Å². The molecule has 0 spiro atoms. The first-order valence-electron chi connectivity index (χ1n) is 9.56. The lowest BCUT2D eigenvalue weighted by Gasteiger charge is -2.16. The minimum absolute atomic E-state index is 0.0293. The van der Waals surface area contributed by atoms with Gasteiger partial charge in [0, 0.05) is 24.2 Å². The van der Waals surface area contributed by atoms with Gasteiger partial charge in [0.05, 0.1) is 4.90 Å². The van der Waals surface area contributed by atoms with Gasteiger partial charge >= 0.3 is 6.01 Å². The van der Waals surface area contributed by atoms with Gasteiger partial charge in [0.1, 0.15) is 0 Å². The largest absolute Gasteiger partial charge is 0.403 e. The Kier molecular flexibility index (Phi) is 5.17. The number of rotatable bonds is 6. The molecule has 30 heavy (non-hydrogen) atoms. The first kappa shape index (κ1) is 20.2. The molecule has 1 aromatic heterocycles. The van der Waals surface area contributed by atoms with Gasteiger partial charge in [-0.15, -0.1) is 5.10 Å². The van der Waals surface area contributed by atoms with Crippen molar-refractivity contribution < 1.29 is 17.6 Å². The molecule has 9 heteroatoms. The van der Waals surface area contributed by atoms with Gasteiger partial charge in [-0.25, -0.2) is 8.42 Å². The molecule has 3 aromatic rings. The Morgan fingerprint density at radius 2 is 1.77 bits per heavy atom. The van der Waals surface area contributed by atoms with Crippen molar-refractivity contribution in [2.45, 2.75) is 37.6 Å². The molecule has 0 radical (unpaired) electrons. The Morgan fingerprint density at radius 1 is 1.07 bits per heavy atom. The number of nitrogens with zero attached hydrogens (tertiary/aromatic N) is 3. The molecular weight excluding hydrogens is 404 g/mol. The minimum atomic E-state index is -3.55. The zero-order valence-corrected chi connectivity index (χ0v) is 17.7. The normalized spacial score (nSPS) is 14.1. The molecule has 1 amide bonds. The van der Waals surface area contributed by atoms with Crippen LogP contribution in [-0.2, 0) is 10.0 Å². The van der Waals surface area contributed by atoms with Crippen LogP contribution in [0.5, 0.6) is 0 Å². The molecule has 0 saturated heterocycles. The van der Waals surface area contributed by atoms with Gasteiger partial charge in [-0.1, -0.05) is 11.2 Å². The van der Waals surface area contributed by atoms with Gasteiger partial charge in [-0.05, 0) is 74.2 Å². The monoisotopic (exact) mass is 426 g/mol. The molecule has 1 fully saturated rings. The number of benzene rings is 2. The first-order valence-corrected chi connectivity index (χ1v) is 11.0. The second-order valence-electron chi connectivity index (χ2n) is 7.44. The van der Waals surface area contributed by atoms with Crippen LogP contribution in [0.4, 0.5) is 6.01 Å². The number of carbonyl (C=O) groups is 1. The molecule has 4 rings (SSSR count). The highest BCUT2D eigenvalue weighted by Gasteiger charge is 2.35. The number of aryl methyl sites for hydroxylation is 2.